The lowest BCUT2D eigenvalue weighted by atomic mass is 10.2. The van der Waals surface area contributed by atoms with Crippen molar-refractivity contribution in [3.8, 4) is 5.69 Å². The van der Waals surface area contributed by atoms with Crippen LogP contribution >= 0.6 is 0 Å². The first-order valence-corrected chi connectivity index (χ1v) is 7.38. The van der Waals surface area contributed by atoms with Crippen LogP contribution in [0.1, 0.15) is 19.8 Å². The summed E-state index contributed by atoms with van der Waals surface area (Å²) >= 11 is 0. The number of anilines is 1. The van der Waals surface area contributed by atoms with Crippen molar-refractivity contribution < 1.29 is 9.59 Å². The van der Waals surface area contributed by atoms with Crippen LogP contribution in [0.25, 0.3) is 5.69 Å². The molecule has 0 bridgehead atoms. The van der Waals surface area contributed by atoms with E-state index in [4.69, 9.17) is 5.73 Å². The lowest BCUT2D eigenvalue weighted by Crippen LogP contribution is -2.43. The van der Waals surface area contributed by atoms with Gasteiger partial charge in [-0.1, -0.05) is 13.3 Å². The molecule has 0 saturated heterocycles. The Hall–Kier alpha value is -2.74. The average Bonchev–Trinajstić information content (AvgIpc) is 3.08. The van der Waals surface area contributed by atoms with Gasteiger partial charge in [-0.3, -0.25) is 9.59 Å². The third-order valence-electron chi connectivity index (χ3n) is 3.19. The van der Waals surface area contributed by atoms with Gasteiger partial charge in [0.2, 0.25) is 11.8 Å². The number of nitrogens with one attached hydrogen (secondary N) is 2. The fourth-order valence-electron chi connectivity index (χ4n) is 1.98. The van der Waals surface area contributed by atoms with Crippen LogP contribution in [0, 0.1) is 0 Å². The first kappa shape index (κ1) is 16.6. The van der Waals surface area contributed by atoms with Crippen molar-refractivity contribution in [2.45, 2.75) is 25.8 Å². The Morgan fingerprint density at radius 1 is 1.30 bits per heavy atom. The Bertz CT molecular complexity index is 638. The van der Waals surface area contributed by atoms with E-state index in [0.29, 0.717) is 12.1 Å². The van der Waals surface area contributed by atoms with Crippen LogP contribution in [0.3, 0.4) is 0 Å². The van der Waals surface area contributed by atoms with Gasteiger partial charge in [-0.15, -0.1) is 0 Å². The highest BCUT2D eigenvalue weighted by atomic mass is 16.2. The summed E-state index contributed by atoms with van der Waals surface area (Å²) in [5, 5.41) is 9.24. The molecule has 0 radical (unpaired) electrons. The molecule has 122 valence electrons. The number of carbonyl (C=O) groups is 2. The summed E-state index contributed by atoms with van der Waals surface area (Å²) in [4.78, 5) is 27.3. The van der Waals surface area contributed by atoms with Crippen LogP contribution in [0.2, 0.25) is 0 Å². The molecule has 0 saturated carbocycles. The van der Waals surface area contributed by atoms with E-state index in [9.17, 15) is 9.59 Å². The minimum Gasteiger partial charge on any atom is -0.346 e. The summed E-state index contributed by atoms with van der Waals surface area (Å²) in [7, 11) is 0. The fraction of sp³-hybridized carbons (Fsp3) is 0.333. The number of nitrogens with two attached hydrogens (primary N) is 1. The summed E-state index contributed by atoms with van der Waals surface area (Å²) < 4.78 is 1.61. The van der Waals surface area contributed by atoms with E-state index in [1.807, 2.05) is 6.92 Å². The molecule has 1 aromatic heterocycles. The monoisotopic (exact) mass is 316 g/mol. The molecule has 8 nitrogen and oxygen atoms in total. The summed E-state index contributed by atoms with van der Waals surface area (Å²) in [5.41, 5.74) is 7.14. The van der Waals surface area contributed by atoms with E-state index >= 15 is 0 Å². The number of aromatic nitrogens is 3. The van der Waals surface area contributed by atoms with E-state index in [0.717, 1.165) is 12.1 Å². The summed E-state index contributed by atoms with van der Waals surface area (Å²) in [6.45, 7) is 1.84. The van der Waals surface area contributed by atoms with Crippen molar-refractivity contribution in [2.24, 2.45) is 5.73 Å². The molecule has 0 fully saturated rings. The average molecular weight is 316 g/mol. The molecule has 1 atom stereocenters. The summed E-state index contributed by atoms with van der Waals surface area (Å²) in [5.74, 6) is -0.626. The van der Waals surface area contributed by atoms with Crippen LogP contribution < -0.4 is 16.4 Å². The van der Waals surface area contributed by atoms with Crippen molar-refractivity contribution >= 4 is 17.5 Å². The van der Waals surface area contributed by atoms with Gasteiger partial charge in [0.15, 0.2) is 0 Å². The minimum absolute atomic E-state index is 0.110. The van der Waals surface area contributed by atoms with E-state index in [-0.39, 0.29) is 18.4 Å². The molecule has 0 aliphatic heterocycles. The Labute approximate surface area is 134 Å². The molecule has 23 heavy (non-hydrogen) atoms. The summed E-state index contributed by atoms with van der Waals surface area (Å²) in [6.07, 6.45) is 4.44. The van der Waals surface area contributed by atoms with Gasteiger partial charge < -0.3 is 16.4 Å². The minimum atomic E-state index is -0.574. The number of nitrogens with zero attached hydrogens (tertiary/aromatic N) is 3. The Kier molecular flexibility index (Phi) is 5.81. The maximum Gasteiger partial charge on any atom is 0.243 e. The lowest BCUT2D eigenvalue weighted by Gasteiger charge is -2.11. The highest BCUT2D eigenvalue weighted by Crippen LogP contribution is 2.11. The number of carbonyl (C=O) groups excluding carboxylic acids is 2. The normalized spacial score (nSPS) is 11.7. The Balaban J connectivity index is 1.82. The maximum atomic E-state index is 11.8. The number of benzene rings is 1. The van der Waals surface area contributed by atoms with Crippen molar-refractivity contribution in [3.05, 3.63) is 36.9 Å². The third kappa shape index (κ3) is 4.89. The number of hydrogen-bond acceptors (Lipinski definition) is 5. The third-order valence-corrected chi connectivity index (χ3v) is 3.19. The van der Waals surface area contributed by atoms with Crippen molar-refractivity contribution in [3.63, 3.8) is 0 Å². The molecular formula is C15H20N6O2. The second-order valence-electron chi connectivity index (χ2n) is 5.05. The van der Waals surface area contributed by atoms with Gasteiger partial charge in [-0.25, -0.2) is 9.67 Å². The van der Waals surface area contributed by atoms with Crippen molar-refractivity contribution in [1.29, 1.82) is 0 Å². The fourth-order valence-corrected chi connectivity index (χ4v) is 1.98. The molecule has 0 aliphatic carbocycles. The molecule has 0 aliphatic rings. The molecule has 2 aromatic rings. The molecule has 8 heteroatoms. The molecule has 1 aromatic carbocycles. The molecule has 1 heterocycles. The van der Waals surface area contributed by atoms with Gasteiger partial charge in [-0.05, 0) is 30.7 Å². The molecule has 2 rings (SSSR count). The SMILES string of the molecule is CCCC(N)C(=O)NCC(=O)Nc1ccc(-n2cncn2)cc1. The largest absolute Gasteiger partial charge is 0.346 e. The van der Waals surface area contributed by atoms with Gasteiger partial charge in [-0.2, -0.15) is 5.10 Å². The smallest absolute Gasteiger partial charge is 0.243 e. The van der Waals surface area contributed by atoms with Crippen LogP contribution in [0.15, 0.2) is 36.9 Å². The van der Waals surface area contributed by atoms with Crippen LogP contribution in [0.4, 0.5) is 5.69 Å². The molecule has 4 N–H and O–H groups in total. The standard InChI is InChI=1S/C15H20N6O2/c1-2-3-13(16)15(23)18-8-14(22)20-11-4-6-12(7-5-11)21-10-17-9-19-21/h4-7,9-10,13H,2-3,8,16H2,1H3,(H,18,23)(H,20,22). The van der Waals surface area contributed by atoms with Gasteiger partial charge in [0.05, 0.1) is 18.3 Å². The second kappa shape index (κ2) is 8.04. The van der Waals surface area contributed by atoms with Crippen LogP contribution in [0.5, 0.6) is 0 Å². The molecule has 1 unspecified atom stereocenters. The van der Waals surface area contributed by atoms with Gasteiger partial charge in [0.1, 0.15) is 12.7 Å². The zero-order valence-corrected chi connectivity index (χ0v) is 12.9. The molecule has 0 spiro atoms. The first-order valence-electron chi connectivity index (χ1n) is 7.38. The lowest BCUT2D eigenvalue weighted by molar-refractivity contribution is -0.125. The van der Waals surface area contributed by atoms with Gasteiger partial charge >= 0.3 is 0 Å². The van der Waals surface area contributed by atoms with E-state index in [2.05, 4.69) is 20.7 Å². The zero-order chi connectivity index (χ0) is 16.7. The zero-order valence-electron chi connectivity index (χ0n) is 12.9. The quantitative estimate of drug-likeness (QED) is 0.686. The van der Waals surface area contributed by atoms with Gasteiger partial charge in [0.25, 0.3) is 0 Å². The highest BCUT2D eigenvalue weighted by molar-refractivity contribution is 5.95. The Morgan fingerprint density at radius 2 is 2.04 bits per heavy atom. The second-order valence-corrected chi connectivity index (χ2v) is 5.05. The topological polar surface area (TPSA) is 115 Å². The predicted molar refractivity (Wildman–Crippen MR) is 85.9 cm³/mol. The van der Waals surface area contributed by atoms with Crippen LogP contribution in [-0.4, -0.2) is 39.2 Å². The van der Waals surface area contributed by atoms with Crippen LogP contribution in [-0.2, 0) is 9.59 Å². The maximum absolute atomic E-state index is 11.8. The van der Waals surface area contributed by atoms with Gasteiger partial charge in [0, 0.05) is 5.69 Å². The molecule has 2 amide bonds. The van der Waals surface area contributed by atoms with E-state index in [1.165, 1.54) is 6.33 Å². The number of amides is 2. The van der Waals surface area contributed by atoms with Crippen molar-refractivity contribution in [1.82, 2.24) is 20.1 Å². The van der Waals surface area contributed by atoms with E-state index in [1.54, 1.807) is 35.3 Å². The van der Waals surface area contributed by atoms with Crippen molar-refractivity contribution in [2.75, 3.05) is 11.9 Å². The summed E-state index contributed by atoms with van der Waals surface area (Å²) in [6, 6.07) is 6.54. The predicted octanol–water partition coefficient (Wildman–Crippen LogP) is 0.449. The Morgan fingerprint density at radius 3 is 2.65 bits per heavy atom. The highest BCUT2D eigenvalue weighted by Gasteiger charge is 2.13. The van der Waals surface area contributed by atoms with E-state index < -0.39 is 6.04 Å². The number of rotatable bonds is 7. The number of hydrogen-bond donors (Lipinski definition) is 3. The first-order chi connectivity index (χ1) is 11.1. The molecular weight excluding hydrogens is 296 g/mol.